The molecule has 0 saturated heterocycles. The number of hydrogen-bond donors (Lipinski definition) is 1. The van der Waals surface area contributed by atoms with Gasteiger partial charge in [0.15, 0.2) is 0 Å². The molecule has 0 amide bonds. The van der Waals surface area contributed by atoms with Crippen molar-refractivity contribution in [3.05, 3.63) is 0 Å². The molecule has 3 rings (SSSR count). The summed E-state index contributed by atoms with van der Waals surface area (Å²) in [4.78, 5) is 0. The summed E-state index contributed by atoms with van der Waals surface area (Å²) in [6.45, 7) is 0. The van der Waals surface area contributed by atoms with Crippen molar-refractivity contribution in [2.45, 2.75) is 113 Å². The van der Waals surface area contributed by atoms with Gasteiger partial charge in [-0.1, -0.05) is 52.9 Å². The fraction of sp³-hybridized carbons (Fsp3) is 1.00. The molecule has 0 bridgehead atoms. The van der Waals surface area contributed by atoms with E-state index in [1.54, 1.807) is 0 Å². The summed E-state index contributed by atoms with van der Waals surface area (Å²) >= 11 is 0. The van der Waals surface area contributed by atoms with Gasteiger partial charge < -0.3 is 5.11 Å². The van der Waals surface area contributed by atoms with Crippen LogP contribution in [0.3, 0.4) is 0 Å². The average Bonchev–Trinajstić information content (AvgIpc) is 2.50. The summed E-state index contributed by atoms with van der Waals surface area (Å²) in [7, 11) is 0.198. The van der Waals surface area contributed by atoms with Gasteiger partial charge in [0, 0.05) is 0 Å². The van der Waals surface area contributed by atoms with Gasteiger partial charge in [0.25, 0.3) is 0 Å². The first-order chi connectivity index (χ1) is 9.84. The van der Waals surface area contributed by atoms with Crippen LogP contribution >= 0.6 is 7.92 Å². The van der Waals surface area contributed by atoms with Gasteiger partial charge in [-0.05, 0) is 61.9 Å². The van der Waals surface area contributed by atoms with E-state index < -0.39 is 0 Å². The van der Waals surface area contributed by atoms with E-state index in [9.17, 15) is 5.11 Å². The molecule has 0 aromatic heterocycles. The number of aliphatic hydroxyl groups is 1. The van der Waals surface area contributed by atoms with Crippen molar-refractivity contribution in [2.75, 3.05) is 0 Å². The highest BCUT2D eigenvalue weighted by atomic mass is 31.1. The zero-order valence-corrected chi connectivity index (χ0v) is 14.0. The van der Waals surface area contributed by atoms with Crippen LogP contribution in [0.1, 0.15) is 89.9 Å². The summed E-state index contributed by atoms with van der Waals surface area (Å²) in [6, 6.07) is 0. The maximum atomic E-state index is 10.1. The van der Waals surface area contributed by atoms with E-state index in [1.807, 2.05) is 0 Å². The van der Waals surface area contributed by atoms with E-state index in [1.165, 1.54) is 77.0 Å². The van der Waals surface area contributed by atoms with Gasteiger partial charge in [-0.3, -0.25) is 0 Å². The Morgan fingerprint density at radius 3 is 1.52 bits per heavy atom. The molecule has 3 aliphatic carbocycles. The van der Waals surface area contributed by atoms with Crippen molar-refractivity contribution >= 4 is 16.3 Å². The zero-order chi connectivity index (χ0) is 13.8. The highest BCUT2D eigenvalue weighted by molar-refractivity contribution is 7.60. The second kappa shape index (κ2) is 8.92. The minimum atomic E-state index is 0. The van der Waals surface area contributed by atoms with E-state index >= 15 is 0 Å². The van der Waals surface area contributed by atoms with E-state index in [-0.39, 0.29) is 22.4 Å². The van der Waals surface area contributed by atoms with E-state index in [0.717, 1.165) is 29.8 Å². The van der Waals surface area contributed by atoms with Crippen molar-refractivity contribution < 1.29 is 5.11 Å². The quantitative estimate of drug-likeness (QED) is 0.610. The molecule has 1 N–H and O–H groups in total. The second-order valence-electron chi connectivity index (χ2n) is 7.51. The number of hydrogen-bond acceptors (Lipinski definition) is 1. The Morgan fingerprint density at radius 2 is 1.05 bits per heavy atom. The Balaban J connectivity index is 0.00000161. The van der Waals surface area contributed by atoms with Crippen LogP contribution in [0.5, 0.6) is 0 Å². The fourth-order valence-corrected chi connectivity index (χ4v) is 9.74. The normalized spacial score (nSPS) is 32.9. The Kier molecular flexibility index (Phi) is 7.57. The fourth-order valence-electron chi connectivity index (χ4n) is 5.06. The molecule has 0 radical (unpaired) electrons. The Hall–Kier alpha value is 0.455. The first-order valence-corrected chi connectivity index (χ1v) is 10.8. The predicted octanol–water partition coefficient (Wildman–Crippen LogP) is 4.25. The van der Waals surface area contributed by atoms with Gasteiger partial charge in [0.1, 0.15) is 0 Å². The molecule has 3 aliphatic rings. The third-order valence-corrected chi connectivity index (χ3v) is 10.1. The van der Waals surface area contributed by atoms with Crippen LogP contribution < -0.4 is 0 Å². The van der Waals surface area contributed by atoms with E-state index in [4.69, 9.17) is 0 Å². The third-order valence-electron chi connectivity index (χ3n) is 6.03. The maximum Gasteiger partial charge on any atom is 0.0814 e. The second-order valence-corrected chi connectivity index (χ2v) is 10.6. The molecule has 0 aliphatic heterocycles. The molecule has 3 fully saturated rings. The summed E-state index contributed by atoms with van der Waals surface area (Å²) in [5, 5.41) is 10.1. The highest BCUT2D eigenvalue weighted by Gasteiger charge is 2.37. The summed E-state index contributed by atoms with van der Waals surface area (Å²) in [5.74, 6) is 0. The lowest BCUT2D eigenvalue weighted by Gasteiger charge is -2.45. The topological polar surface area (TPSA) is 20.2 Å². The molecule has 0 heterocycles. The Labute approximate surface area is 135 Å². The minimum absolute atomic E-state index is 0. The van der Waals surface area contributed by atoms with E-state index in [2.05, 4.69) is 0 Å². The van der Waals surface area contributed by atoms with Gasteiger partial charge in [0.2, 0.25) is 0 Å². The molecular formula is C18H36BOP. The largest absolute Gasteiger partial charge is 0.393 e. The zero-order valence-electron chi connectivity index (χ0n) is 13.1. The highest BCUT2D eigenvalue weighted by Crippen LogP contribution is 2.61. The first-order valence-electron chi connectivity index (χ1n) is 9.30. The van der Waals surface area contributed by atoms with Crippen molar-refractivity contribution in [2.24, 2.45) is 0 Å². The van der Waals surface area contributed by atoms with Crippen LogP contribution in [0.2, 0.25) is 0 Å². The van der Waals surface area contributed by atoms with Crippen molar-refractivity contribution in [1.82, 2.24) is 0 Å². The molecular weight excluding hydrogens is 274 g/mol. The monoisotopic (exact) mass is 310 g/mol. The standard InChI is InChI=1S/C18H33OP.BH3/c19-15-8-7-13-18(14-15)20(16-9-3-1-4-10-16)17-11-5-2-6-12-17;/h15-19H,1-14H2;1H3. The van der Waals surface area contributed by atoms with E-state index in [0.29, 0.717) is 0 Å². The van der Waals surface area contributed by atoms with Gasteiger partial charge >= 0.3 is 0 Å². The van der Waals surface area contributed by atoms with Crippen LogP contribution in [0.4, 0.5) is 0 Å². The van der Waals surface area contributed by atoms with Gasteiger partial charge in [-0.25, -0.2) is 0 Å². The predicted molar refractivity (Wildman–Crippen MR) is 98.9 cm³/mol. The molecule has 3 heteroatoms. The molecule has 21 heavy (non-hydrogen) atoms. The molecule has 122 valence electrons. The van der Waals surface area contributed by atoms with Crippen LogP contribution in [-0.2, 0) is 0 Å². The lowest BCUT2D eigenvalue weighted by atomic mass is 9.97. The van der Waals surface area contributed by atoms with Crippen molar-refractivity contribution in [3.8, 4) is 0 Å². The van der Waals surface area contributed by atoms with Gasteiger partial charge in [-0.15, -0.1) is 0 Å². The van der Waals surface area contributed by atoms with Crippen LogP contribution in [0.25, 0.3) is 0 Å². The molecule has 3 saturated carbocycles. The lowest BCUT2D eigenvalue weighted by molar-refractivity contribution is 0.132. The molecule has 2 unspecified atom stereocenters. The number of aliphatic hydroxyl groups excluding tert-OH is 1. The summed E-state index contributed by atoms with van der Waals surface area (Å²) in [5.41, 5.74) is 3.05. The molecule has 0 spiro atoms. The molecule has 2 atom stereocenters. The van der Waals surface area contributed by atoms with Crippen molar-refractivity contribution in [1.29, 1.82) is 0 Å². The van der Waals surface area contributed by atoms with Crippen molar-refractivity contribution in [3.63, 3.8) is 0 Å². The summed E-state index contributed by atoms with van der Waals surface area (Å²) in [6.07, 6.45) is 20.0. The smallest absolute Gasteiger partial charge is 0.0814 e. The SMILES string of the molecule is B.OC1CCCC(P(C2CCCCC2)C2CCCCC2)C1. The van der Waals surface area contributed by atoms with Gasteiger partial charge in [-0.2, -0.15) is 0 Å². The average molecular weight is 310 g/mol. The molecule has 0 aromatic carbocycles. The molecule has 1 nitrogen and oxygen atoms in total. The Morgan fingerprint density at radius 1 is 0.571 bits per heavy atom. The lowest BCUT2D eigenvalue weighted by Crippen LogP contribution is -2.31. The third kappa shape index (κ3) is 4.71. The molecule has 0 aromatic rings. The van der Waals surface area contributed by atoms with Crippen LogP contribution in [0.15, 0.2) is 0 Å². The van der Waals surface area contributed by atoms with Crippen LogP contribution in [-0.4, -0.2) is 36.6 Å². The van der Waals surface area contributed by atoms with Gasteiger partial charge in [0.05, 0.1) is 14.5 Å². The minimum Gasteiger partial charge on any atom is -0.393 e. The van der Waals surface area contributed by atoms with Crippen LogP contribution in [0, 0.1) is 0 Å². The first kappa shape index (κ1) is 17.8. The number of rotatable bonds is 3. The summed E-state index contributed by atoms with van der Waals surface area (Å²) < 4.78 is 0. The Bertz CT molecular complexity index is 269. The maximum absolute atomic E-state index is 10.1.